The number of nitrogens with one attached hydrogen (secondary N) is 1. The highest BCUT2D eigenvalue weighted by Gasteiger charge is 2.14. The van der Waals surface area contributed by atoms with Crippen molar-refractivity contribution in [3.63, 3.8) is 0 Å². The molecular weight excluding hydrogens is 306 g/mol. The van der Waals surface area contributed by atoms with Gasteiger partial charge in [0.05, 0.1) is 3.79 Å². The first-order chi connectivity index (χ1) is 8.70. The minimum absolute atomic E-state index is 0.404. The van der Waals surface area contributed by atoms with E-state index in [4.69, 9.17) is 0 Å². The van der Waals surface area contributed by atoms with Gasteiger partial charge in [-0.1, -0.05) is 31.2 Å². The Bertz CT molecular complexity index is 507. The van der Waals surface area contributed by atoms with Crippen LogP contribution in [-0.2, 0) is 6.42 Å². The van der Waals surface area contributed by atoms with E-state index in [1.807, 2.05) is 11.3 Å². The summed E-state index contributed by atoms with van der Waals surface area (Å²) in [4.78, 5) is 1.41. The molecule has 0 amide bonds. The van der Waals surface area contributed by atoms with Gasteiger partial charge in [-0.05, 0) is 52.7 Å². The second-order valence-electron chi connectivity index (χ2n) is 4.38. The number of halogens is 1. The van der Waals surface area contributed by atoms with Crippen LogP contribution >= 0.6 is 27.3 Å². The summed E-state index contributed by atoms with van der Waals surface area (Å²) in [7, 11) is 0. The first-order valence-electron chi connectivity index (χ1n) is 6.24. The van der Waals surface area contributed by atoms with Crippen LogP contribution in [0.25, 0.3) is 0 Å². The second-order valence-corrected chi connectivity index (χ2v) is 6.92. The van der Waals surface area contributed by atoms with Gasteiger partial charge in [-0.25, -0.2) is 0 Å². The number of hydrogen-bond acceptors (Lipinski definition) is 2. The number of aryl methyl sites for hydroxylation is 1. The lowest BCUT2D eigenvalue weighted by Crippen LogP contribution is -2.23. The van der Waals surface area contributed by atoms with Gasteiger partial charge in [-0.2, -0.15) is 0 Å². The average Bonchev–Trinajstić information content (AvgIpc) is 2.75. The lowest BCUT2D eigenvalue weighted by molar-refractivity contribution is 0.551. The summed E-state index contributed by atoms with van der Waals surface area (Å²) >= 11 is 5.35. The Kier molecular flexibility index (Phi) is 4.98. The van der Waals surface area contributed by atoms with Crippen molar-refractivity contribution in [3.8, 4) is 0 Å². The Morgan fingerprint density at radius 3 is 2.61 bits per heavy atom. The van der Waals surface area contributed by atoms with E-state index in [1.165, 1.54) is 19.8 Å². The second kappa shape index (κ2) is 6.50. The molecule has 1 unspecified atom stereocenters. The van der Waals surface area contributed by atoms with Crippen molar-refractivity contribution in [1.29, 1.82) is 0 Å². The fourth-order valence-corrected chi connectivity index (χ4v) is 3.71. The molecule has 0 fully saturated rings. The molecule has 0 saturated carbocycles. The molecule has 1 aromatic heterocycles. The Morgan fingerprint density at radius 2 is 2.00 bits per heavy atom. The molecule has 3 heteroatoms. The standard InChI is InChI=1S/C15H18BrNS/c1-3-17-14(10-12-8-9-15(16)18-12)13-7-5-4-6-11(13)2/h4-9,14,17H,3,10H2,1-2H3. The van der Waals surface area contributed by atoms with E-state index in [0.29, 0.717) is 6.04 Å². The Hall–Kier alpha value is -0.640. The molecule has 0 radical (unpaired) electrons. The van der Waals surface area contributed by atoms with Gasteiger partial charge in [0.1, 0.15) is 0 Å². The monoisotopic (exact) mass is 323 g/mol. The first kappa shape index (κ1) is 13.8. The Balaban J connectivity index is 2.20. The van der Waals surface area contributed by atoms with Crippen LogP contribution in [0.1, 0.15) is 29.0 Å². The van der Waals surface area contributed by atoms with Crippen LogP contribution in [-0.4, -0.2) is 6.54 Å². The number of rotatable bonds is 5. The lowest BCUT2D eigenvalue weighted by atomic mass is 9.98. The minimum atomic E-state index is 0.404. The van der Waals surface area contributed by atoms with Gasteiger partial charge < -0.3 is 5.32 Å². The van der Waals surface area contributed by atoms with Crippen LogP contribution in [0, 0.1) is 6.92 Å². The Labute approximate surface area is 121 Å². The molecule has 1 heterocycles. The summed E-state index contributed by atoms with van der Waals surface area (Å²) < 4.78 is 1.21. The van der Waals surface area contributed by atoms with E-state index in [-0.39, 0.29) is 0 Å². The van der Waals surface area contributed by atoms with Gasteiger partial charge in [0.25, 0.3) is 0 Å². The molecule has 0 saturated heterocycles. The highest BCUT2D eigenvalue weighted by atomic mass is 79.9. The smallest absolute Gasteiger partial charge is 0.0701 e. The average molecular weight is 324 g/mol. The molecule has 96 valence electrons. The predicted octanol–water partition coefficient (Wildman–Crippen LogP) is 4.71. The van der Waals surface area contributed by atoms with Crippen molar-refractivity contribution < 1.29 is 0 Å². The van der Waals surface area contributed by atoms with Crippen molar-refractivity contribution in [2.45, 2.75) is 26.3 Å². The summed E-state index contributed by atoms with van der Waals surface area (Å²) in [6.07, 6.45) is 1.05. The summed E-state index contributed by atoms with van der Waals surface area (Å²) in [6.45, 7) is 5.34. The Morgan fingerprint density at radius 1 is 1.22 bits per heavy atom. The zero-order chi connectivity index (χ0) is 13.0. The van der Waals surface area contributed by atoms with Crippen LogP contribution in [0.3, 0.4) is 0 Å². The van der Waals surface area contributed by atoms with Crippen molar-refractivity contribution in [1.82, 2.24) is 5.32 Å². The molecule has 0 aliphatic rings. The maximum absolute atomic E-state index is 3.59. The van der Waals surface area contributed by atoms with E-state index >= 15 is 0 Å². The van der Waals surface area contributed by atoms with E-state index in [1.54, 1.807) is 0 Å². The zero-order valence-corrected chi connectivity index (χ0v) is 13.1. The normalized spacial score (nSPS) is 12.6. The quantitative estimate of drug-likeness (QED) is 0.840. The van der Waals surface area contributed by atoms with Crippen molar-refractivity contribution >= 4 is 27.3 Å². The molecule has 1 aromatic carbocycles. The molecular formula is C15H18BrNS. The maximum atomic E-state index is 3.59. The van der Waals surface area contributed by atoms with Gasteiger partial charge >= 0.3 is 0 Å². The number of hydrogen-bond donors (Lipinski definition) is 1. The van der Waals surface area contributed by atoms with E-state index in [0.717, 1.165) is 13.0 Å². The molecule has 0 aliphatic carbocycles. The van der Waals surface area contributed by atoms with E-state index in [9.17, 15) is 0 Å². The first-order valence-corrected chi connectivity index (χ1v) is 7.84. The van der Waals surface area contributed by atoms with E-state index in [2.05, 4.69) is 71.5 Å². The van der Waals surface area contributed by atoms with Gasteiger partial charge in [0.2, 0.25) is 0 Å². The molecule has 1 atom stereocenters. The van der Waals surface area contributed by atoms with Gasteiger partial charge in [-0.15, -0.1) is 11.3 Å². The zero-order valence-electron chi connectivity index (χ0n) is 10.7. The molecule has 0 bridgehead atoms. The number of likely N-dealkylation sites (N-methyl/N-ethyl adjacent to an activating group) is 1. The third-order valence-corrected chi connectivity index (χ3v) is 4.69. The number of thiophene rings is 1. The summed E-state index contributed by atoms with van der Waals surface area (Å²) in [5.41, 5.74) is 2.77. The maximum Gasteiger partial charge on any atom is 0.0701 e. The third kappa shape index (κ3) is 3.44. The summed E-state index contributed by atoms with van der Waals surface area (Å²) in [6, 6.07) is 13.4. The van der Waals surface area contributed by atoms with Crippen molar-refractivity contribution in [2.75, 3.05) is 6.54 Å². The molecule has 1 N–H and O–H groups in total. The molecule has 2 rings (SSSR count). The van der Waals surface area contributed by atoms with E-state index < -0.39 is 0 Å². The fraction of sp³-hybridized carbons (Fsp3) is 0.333. The van der Waals surface area contributed by atoms with Crippen LogP contribution < -0.4 is 5.32 Å². The van der Waals surface area contributed by atoms with Gasteiger partial charge in [-0.3, -0.25) is 0 Å². The van der Waals surface area contributed by atoms with Crippen molar-refractivity contribution in [3.05, 3.63) is 56.2 Å². The molecule has 2 aromatic rings. The van der Waals surface area contributed by atoms with Gasteiger partial charge in [0, 0.05) is 17.3 Å². The minimum Gasteiger partial charge on any atom is -0.310 e. The predicted molar refractivity (Wildman–Crippen MR) is 83.3 cm³/mol. The van der Waals surface area contributed by atoms with Crippen molar-refractivity contribution in [2.24, 2.45) is 0 Å². The topological polar surface area (TPSA) is 12.0 Å². The summed E-state index contributed by atoms with van der Waals surface area (Å²) in [5, 5.41) is 3.59. The highest BCUT2D eigenvalue weighted by Crippen LogP contribution is 2.28. The summed E-state index contributed by atoms with van der Waals surface area (Å²) in [5.74, 6) is 0. The van der Waals surface area contributed by atoms with Crippen LogP contribution in [0.4, 0.5) is 0 Å². The fourth-order valence-electron chi connectivity index (χ4n) is 2.18. The molecule has 0 spiro atoms. The largest absolute Gasteiger partial charge is 0.310 e. The van der Waals surface area contributed by atoms with Gasteiger partial charge in [0.15, 0.2) is 0 Å². The van der Waals surface area contributed by atoms with Crippen LogP contribution in [0.15, 0.2) is 40.2 Å². The van der Waals surface area contributed by atoms with Crippen LogP contribution in [0.2, 0.25) is 0 Å². The lowest BCUT2D eigenvalue weighted by Gasteiger charge is -2.19. The van der Waals surface area contributed by atoms with Crippen LogP contribution in [0.5, 0.6) is 0 Å². The molecule has 18 heavy (non-hydrogen) atoms. The third-order valence-electron chi connectivity index (χ3n) is 3.05. The molecule has 1 nitrogen and oxygen atoms in total. The molecule has 0 aliphatic heterocycles. The SMILES string of the molecule is CCNC(Cc1ccc(Br)s1)c1ccccc1C. The number of benzene rings is 1. The highest BCUT2D eigenvalue weighted by molar-refractivity contribution is 9.11.